The fraction of sp³-hybridized carbons (Fsp3) is 0.688. The molecule has 23 heavy (non-hydrogen) atoms. The first-order valence-electron chi connectivity index (χ1n) is 8.31. The third-order valence-electron chi connectivity index (χ3n) is 4.90. The molecule has 126 valence electrons. The molecule has 3 rings (SSSR count). The fourth-order valence-corrected chi connectivity index (χ4v) is 3.37. The molecule has 2 N–H and O–H groups in total. The standard InChI is InChI=1S/C16H26N6O/c1-6-11-9(2)10(3)16(23-11)22-8-19-13-14(18-5)20-12(7-17-4)21-15(13)22/h8-11,16-17H,6-7H2,1-5H3,(H,18,20,21)/t9-,10+,11+,16+/m0/s1. The lowest BCUT2D eigenvalue weighted by Gasteiger charge is -2.18. The molecule has 0 aliphatic carbocycles. The van der Waals surface area contributed by atoms with Crippen molar-refractivity contribution >= 4 is 17.0 Å². The van der Waals surface area contributed by atoms with Gasteiger partial charge in [-0.2, -0.15) is 0 Å². The Morgan fingerprint density at radius 2 is 2.00 bits per heavy atom. The molecule has 7 nitrogen and oxygen atoms in total. The number of rotatable bonds is 5. The van der Waals surface area contributed by atoms with Crippen LogP contribution in [0.15, 0.2) is 6.33 Å². The van der Waals surface area contributed by atoms with Crippen molar-refractivity contribution in [2.45, 2.75) is 46.1 Å². The first-order chi connectivity index (χ1) is 11.1. The van der Waals surface area contributed by atoms with E-state index >= 15 is 0 Å². The molecular formula is C16H26N6O. The van der Waals surface area contributed by atoms with Gasteiger partial charge in [-0.3, -0.25) is 4.57 Å². The summed E-state index contributed by atoms with van der Waals surface area (Å²) in [6.45, 7) is 7.29. The van der Waals surface area contributed by atoms with Crippen LogP contribution < -0.4 is 10.6 Å². The van der Waals surface area contributed by atoms with Crippen molar-refractivity contribution in [1.82, 2.24) is 24.8 Å². The first-order valence-corrected chi connectivity index (χ1v) is 8.31. The van der Waals surface area contributed by atoms with Gasteiger partial charge in [0.15, 0.2) is 17.0 Å². The normalized spacial score (nSPS) is 27.7. The zero-order chi connectivity index (χ0) is 16.6. The molecule has 1 saturated heterocycles. The zero-order valence-corrected chi connectivity index (χ0v) is 14.5. The van der Waals surface area contributed by atoms with Gasteiger partial charge >= 0.3 is 0 Å². The number of hydrogen-bond acceptors (Lipinski definition) is 6. The van der Waals surface area contributed by atoms with Gasteiger partial charge in [-0.15, -0.1) is 0 Å². The molecule has 2 aromatic rings. The molecule has 0 radical (unpaired) electrons. The number of nitrogens with zero attached hydrogens (tertiary/aromatic N) is 4. The smallest absolute Gasteiger partial charge is 0.167 e. The van der Waals surface area contributed by atoms with Gasteiger partial charge in [0.25, 0.3) is 0 Å². The molecule has 0 saturated carbocycles. The van der Waals surface area contributed by atoms with E-state index in [0.717, 1.165) is 29.2 Å². The summed E-state index contributed by atoms with van der Waals surface area (Å²) < 4.78 is 8.35. The second-order valence-electron chi connectivity index (χ2n) is 6.28. The third kappa shape index (κ3) is 2.68. The van der Waals surface area contributed by atoms with Crippen LogP contribution in [0.5, 0.6) is 0 Å². The molecule has 4 atom stereocenters. The number of anilines is 1. The third-order valence-corrected chi connectivity index (χ3v) is 4.90. The predicted octanol–water partition coefficient (Wildman–Crippen LogP) is 2.17. The summed E-state index contributed by atoms with van der Waals surface area (Å²) in [5, 5.41) is 6.22. The van der Waals surface area contributed by atoms with Crippen LogP contribution >= 0.6 is 0 Å². The van der Waals surface area contributed by atoms with E-state index < -0.39 is 0 Å². The summed E-state index contributed by atoms with van der Waals surface area (Å²) in [6.07, 6.45) is 3.11. The number of ether oxygens (including phenoxy) is 1. The summed E-state index contributed by atoms with van der Waals surface area (Å²) in [4.78, 5) is 13.7. The molecule has 1 aliphatic heterocycles. The molecule has 2 aromatic heterocycles. The van der Waals surface area contributed by atoms with Crippen LogP contribution in [0.3, 0.4) is 0 Å². The summed E-state index contributed by atoms with van der Waals surface area (Å²) in [6, 6.07) is 0. The SMILES string of the molecule is CC[C@H]1O[C@@H](n2cnc3c(NC)nc(CNC)nc32)[C@H](C)[C@@H]1C. The van der Waals surface area contributed by atoms with Gasteiger partial charge < -0.3 is 15.4 Å². The quantitative estimate of drug-likeness (QED) is 0.880. The Kier molecular flexibility index (Phi) is 4.50. The second-order valence-corrected chi connectivity index (χ2v) is 6.28. The topological polar surface area (TPSA) is 76.9 Å². The van der Waals surface area contributed by atoms with Gasteiger partial charge in [-0.1, -0.05) is 20.8 Å². The zero-order valence-electron chi connectivity index (χ0n) is 14.5. The minimum absolute atomic E-state index is 0.0259. The van der Waals surface area contributed by atoms with Crippen molar-refractivity contribution in [2.75, 3.05) is 19.4 Å². The predicted molar refractivity (Wildman–Crippen MR) is 90.2 cm³/mol. The van der Waals surface area contributed by atoms with E-state index in [9.17, 15) is 0 Å². The Balaban J connectivity index is 2.06. The van der Waals surface area contributed by atoms with Crippen molar-refractivity contribution in [3.63, 3.8) is 0 Å². The van der Waals surface area contributed by atoms with E-state index in [1.54, 1.807) is 0 Å². The van der Waals surface area contributed by atoms with Gasteiger partial charge in [0.2, 0.25) is 0 Å². The van der Waals surface area contributed by atoms with Crippen molar-refractivity contribution < 1.29 is 4.74 Å². The lowest BCUT2D eigenvalue weighted by molar-refractivity contribution is -0.0120. The largest absolute Gasteiger partial charge is 0.371 e. The lowest BCUT2D eigenvalue weighted by atomic mass is 9.91. The highest BCUT2D eigenvalue weighted by molar-refractivity contribution is 5.83. The monoisotopic (exact) mass is 318 g/mol. The van der Waals surface area contributed by atoms with Crippen LogP contribution in [0.1, 0.15) is 39.2 Å². The number of imidazole rings is 1. The number of nitrogens with one attached hydrogen (secondary N) is 2. The summed E-state index contributed by atoms with van der Waals surface area (Å²) in [5.41, 5.74) is 1.62. The maximum Gasteiger partial charge on any atom is 0.167 e. The maximum absolute atomic E-state index is 6.29. The van der Waals surface area contributed by atoms with E-state index in [1.165, 1.54) is 0 Å². The Bertz CT molecular complexity index is 685. The molecule has 0 spiro atoms. The minimum atomic E-state index is -0.0259. The van der Waals surface area contributed by atoms with Crippen LogP contribution in [-0.2, 0) is 11.3 Å². The average Bonchev–Trinajstić information content (AvgIpc) is 3.09. The highest BCUT2D eigenvalue weighted by atomic mass is 16.5. The molecule has 0 bridgehead atoms. The molecule has 7 heteroatoms. The van der Waals surface area contributed by atoms with Gasteiger partial charge in [-0.05, 0) is 19.4 Å². The molecule has 0 unspecified atom stereocenters. The van der Waals surface area contributed by atoms with Gasteiger partial charge in [0.1, 0.15) is 12.1 Å². The van der Waals surface area contributed by atoms with Crippen LogP contribution in [0.25, 0.3) is 11.2 Å². The summed E-state index contributed by atoms with van der Waals surface area (Å²) in [5.74, 6) is 2.43. The number of fused-ring (bicyclic) bond motifs is 1. The van der Waals surface area contributed by atoms with Crippen molar-refractivity contribution in [2.24, 2.45) is 11.8 Å². The van der Waals surface area contributed by atoms with Crippen LogP contribution in [-0.4, -0.2) is 39.7 Å². The fourth-order valence-electron chi connectivity index (χ4n) is 3.37. The lowest BCUT2D eigenvalue weighted by Crippen LogP contribution is -2.16. The Hall–Kier alpha value is -1.73. The molecule has 1 aliphatic rings. The number of aromatic nitrogens is 4. The molecular weight excluding hydrogens is 292 g/mol. The van der Waals surface area contributed by atoms with Crippen molar-refractivity contribution in [3.05, 3.63) is 12.2 Å². The molecule has 0 amide bonds. The molecule has 1 fully saturated rings. The molecule has 0 aromatic carbocycles. The average molecular weight is 318 g/mol. The van der Waals surface area contributed by atoms with E-state index in [4.69, 9.17) is 9.72 Å². The maximum atomic E-state index is 6.29. The van der Waals surface area contributed by atoms with E-state index in [0.29, 0.717) is 18.4 Å². The molecule has 3 heterocycles. The second kappa shape index (κ2) is 6.41. The van der Waals surface area contributed by atoms with E-state index in [1.807, 2.05) is 20.4 Å². The highest BCUT2D eigenvalue weighted by Crippen LogP contribution is 2.41. The Labute approximate surface area is 136 Å². The Morgan fingerprint density at radius 3 is 2.61 bits per heavy atom. The minimum Gasteiger partial charge on any atom is -0.371 e. The van der Waals surface area contributed by atoms with E-state index in [-0.39, 0.29) is 12.3 Å². The van der Waals surface area contributed by atoms with Crippen LogP contribution in [0.4, 0.5) is 5.82 Å². The van der Waals surface area contributed by atoms with Crippen molar-refractivity contribution in [3.8, 4) is 0 Å². The highest BCUT2D eigenvalue weighted by Gasteiger charge is 2.39. The van der Waals surface area contributed by atoms with Gasteiger partial charge in [-0.25, -0.2) is 15.0 Å². The summed E-state index contributed by atoms with van der Waals surface area (Å²) in [7, 11) is 3.74. The first kappa shape index (κ1) is 16.1. The van der Waals surface area contributed by atoms with Gasteiger partial charge in [0, 0.05) is 13.0 Å². The van der Waals surface area contributed by atoms with Gasteiger partial charge in [0.05, 0.1) is 19.0 Å². The van der Waals surface area contributed by atoms with Crippen molar-refractivity contribution in [1.29, 1.82) is 0 Å². The summed E-state index contributed by atoms with van der Waals surface area (Å²) >= 11 is 0. The Morgan fingerprint density at radius 1 is 1.22 bits per heavy atom. The van der Waals surface area contributed by atoms with Crippen LogP contribution in [0.2, 0.25) is 0 Å². The number of hydrogen-bond donors (Lipinski definition) is 2. The van der Waals surface area contributed by atoms with Crippen LogP contribution in [0, 0.1) is 11.8 Å². The van der Waals surface area contributed by atoms with E-state index in [2.05, 4.69) is 45.9 Å².